The molecule has 0 radical (unpaired) electrons. The van der Waals surface area contributed by atoms with Gasteiger partial charge >= 0.3 is 0 Å². The standard InChI is InChI=1S/C22H26N4O2/c1-14-13-15(11-12-18(14)26(5)6)23-19(27)16-9-7-8-10-17(16)20-24-21(25-28-20)22(2,3)4/h7-13H,1-6H3,(H,23,27). The van der Waals surface area contributed by atoms with Crippen LogP contribution in [0.3, 0.4) is 0 Å². The number of carbonyl (C=O) groups excluding carboxylic acids is 1. The smallest absolute Gasteiger partial charge is 0.258 e. The fraction of sp³-hybridized carbons (Fsp3) is 0.318. The summed E-state index contributed by atoms with van der Waals surface area (Å²) in [5.74, 6) is 0.727. The number of hydrogen-bond acceptors (Lipinski definition) is 5. The molecule has 0 atom stereocenters. The first-order valence-corrected chi connectivity index (χ1v) is 9.20. The van der Waals surface area contributed by atoms with Crippen molar-refractivity contribution in [2.24, 2.45) is 0 Å². The molecule has 1 aromatic heterocycles. The molecule has 0 unspecified atom stereocenters. The third-order valence-electron chi connectivity index (χ3n) is 4.44. The summed E-state index contributed by atoms with van der Waals surface area (Å²) in [6, 6.07) is 13.1. The van der Waals surface area contributed by atoms with E-state index in [2.05, 4.69) is 15.5 Å². The van der Waals surface area contributed by atoms with E-state index < -0.39 is 0 Å². The molecule has 0 fully saturated rings. The van der Waals surface area contributed by atoms with Crippen LogP contribution in [0.25, 0.3) is 11.5 Å². The van der Waals surface area contributed by atoms with Crippen LogP contribution in [0.15, 0.2) is 47.0 Å². The molecule has 0 saturated carbocycles. The van der Waals surface area contributed by atoms with Gasteiger partial charge in [-0.2, -0.15) is 4.98 Å². The minimum atomic E-state index is -0.231. The van der Waals surface area contributed by atoms with Gasteiger partial charge in [0.25, 0.3) is 11.8 Å². The van der Waals surface area contributed by atoms with Crippen LogP contribution >= 0.6 is 0 Å². The Bertz CT molecular complexity index is 1000. The average Bonchev–Trinajstić information content (AvgIpc) is 3.12. The number of aromatic nitrogens is 2. The lowest BCUT2D eigenvalue weighted by molar-refractivity contribution is 0.102. The van der Waals surface area contributed by atoms with Gasteiger partial charge in [0.05, 0.1) is 11.1 Å². The highest BCUT2D eigenvalue weighted by atomic mass is 16.5. The fourth-order valence-electron chi connectivity index (χ4n) is 2.94. The van der Waals surface area contributed by atoms with Gasteiger partial charge in [0.2, 0.25) is 0 Å². The molecule has 146 valence electrons. The van der Waals surface area contributed by atoms with Crippen LogP contribution in [0, 0.1) is 6.92 Å². The lowest BCUT2D eigenvalue weighted by Gasteiger charge is -2.17. The number of amides is 1. The van der Waals surface area contributed by atoms with E-state index in [4.69, 9.17) is 4.52 Å². The molecule has 6 nitrogen and oxygen atoms in total. The fourth-order valence-corrected chi connectivity index (χ4v) is 2.94. The molecule has 1 amide bonds. The summed E-state index contributed by atoms with van der Waals surface area (Å²) in [6.45, 7) is 8.06. The van der Waals surface area contributed by atoms with Gasteiger partial charge in [0, 0.05) is 30.9 Å². The predicted octanol–water partition coefficient (Wildman–Crippen LogP) is 4.66. The van der Waals surface area contributed by atoms with Crippen LogP contribution in [-0.2, 0) is 5.41 Å². The predicted molar refractivity (Wildman–Crippen MR) is 112 cm³/mol. The Morgan fingerprint density at radius 3 is 2.43 bits per heavy atom. The van der Waals surface area contributed by atoms with Crippen LogP contribution in [0.1, 0.15) is 42.5 Å². The third kappa shape index (κ3) is 4.06. The van der Waals surface area contributed by atoms with Gasteiger partial charge in [-0.15, -0.1) is 0 Å². The Morgan fingerprint density at radius 2 is 1.82 bits per heavy atom. The molecule has 1 heterocycles. The first-order chi connectivity index (χ1) is 13.2. The highest BCUT2D eigenvalue weighted by Crippen LogP contribution is 2.27. The Morgan fingerprint density at radius 1 is 1.11 bits per heavy atom. The van der Waals surface area contributed by atoms with Crippen LogP contribution in [0.4, 0.5) is 11.4 Å². The van der Waals surface area contributed by atoms with Crippen LogP contribution in [0.5, 0.6) is 0 Å². The topological polar surface area (TPSA) is 71.3 Å². The number of nitrogens with one attached hydrogen (secondary N) is 1. The number of hydrogen-bond donors (Lipinski definition) is 1. The van der Waals surface area contributed by atoms with Crippen molar-refractivity contribution in [1.29, 1.82) is 0 Å². The number of anilines is 2. The summed E-state index contributed by atoms with van der Waals surface area (Å²) in [5.41, 5.74) is 3.81. The first kappa shape index (κ1) is 19.6. The van der Waals surface area contributed by atoms with E-state index >= 15 is 0 Å². The monoisotopic (exact) mass is 378 g/mol. The largest absolute Gasteiger partial charge is 0.377 e. The van der Waals surface area contributed by atoms with E-state index in [1.807, 2.05) is 83.1 Å². The van der Waals surface area contributed by atoms with Crippen molar-refractivity contribution in [3.63, 3.8) is 0 Å². The molecule has 6 heteroatoms. The zero-order valence-electron chi connectivity index (χ0n) is 17.2. The Hall–Kier alpha value is -3.15. The maximum Gasteiger partial charge on any atom is 0.258 e. The van der Waals surface area contributed by atoms with Gasteiger partial charge in [-0.05, 0) is 42.8 Å². The second-order valence-electron chi connectivity index (χ2n) is 8.07. The molecule has 0 aliphatic rings. The van der Waals surface area contributed by atoms with Crippen molar-refractivity contribution < 1.29 is 9.32 Å². The van der Waals surface area contributed by atoms with Crippen molar-refractivity contribution in [2.75, 3.05) is 24.3 Å². The molecule has 0 aliphatic heterocycles. The second kappa shape index (κ2) is 7.46. The van der Waals surface area contributed by atoms with E-state index in [0.717, 1.165) is 16.9 Å². The van der Waals surface area contributed by atoms with Crippen molar-refractivity contribution in [3.8, 4) is 11.5 Å². The lowest BCUT2D eigenvalue weighted by atomic mass is 9.96. The maximum absolute atomic E-state index is 12.9. The van der Waals surface area contributed by atoms with E-state index in [-0.39, 0.29) is 11.3 Å². The Balaban J connectivity index is 1.89. The van der Waals surface area contributed by atoms with Crippen molar-refractivity contribution >= 4 is 17.3 Å². The van der Waals surface area contributed by atoms with Crippen molar-refractivity contribution in [1.82, 2.24) is 10.1 Å². The molecule has 0 bridgehead atoms. The quantitative estimate of drug-likeness (QED) is 0.715. The van der Waals surface area contributed by atoms with E-state index in [9.17, 15) is 4.79 Å². The Labute approximate surface area is 165 Å². The van der Waals surface area contributed by atoms with Crippen molar-refractivity contribution in [3.05, 3.63) is 59.4 Å². The van der Waals surface area contributed by atoms with E-state index in [1.165, 1.54) is 0 Å². The van der Waals surface area contributed by atoms with Crippen LogP contribution < -0.4 is 10.2 Å². The lowest BCUT2D eigenvalue weighted by Crippen LogP contribution is -2.15. The second-order valence-corrected chi connectivity index (χ2v) is 8.07. The van der Waals surface area contributed by atoms with Gasteiger partial charge in [-0.3, -0.25) is 4.79 Å². The molecule has 0 saturated heterocycles. The maximum atomic E-state index is 12.9. The number of nitrogens with zero attached hydrogens (tertiary/aromatic N) is 3. The van der Waals surface area contributed by atoms with Gasteiger partial charge in [-0.25, -0.2) is 0 Å². The summed E-state index contributed by atoms with van der Waals surface area (Å²) in [7, 11) is 3.99. The highest BCUT2D eigenvalue weighted by Gasteiger charge is 2.23. The van der Waals surface area contributed by atoms with Gasteiger partial charge < -0.3 is 14.7 Å². The molecule has 2 aromatic carbocycles. The summed E-state index contributed by atoms with van der Waals surface area (Å²) in [6.07, 6.45) is 0. The molecular formula is C22H26N4O2. The zero-order chi connectivity index (χ0) is 20.5. The molecule has 0 spiro atoms. The van der Waals surface area contributed by atoms with Crippen LogP contribution in [-0.4, -0.2) is 30.1 Å². The molecular weight excluding hydrogens is 352 g/mol. The molecule has 3 rings (SSSR count). The minimum Gasteiger partial charge on any atom is -0.377 e. The molecule has 28 heavy (non-hydrogen) atoms. The highest BCUT2D eigenvalue weighted by molar-refractivity contribution is 6.08. The van der Waals surface area contributed by atoms with E-state index in [0.29, 0.717) is 22.8 Å². The summed E-state index contributed by atoms with van der Waals surface area (Å²) < 4.78 is 5.43. The molecule has 0 aliphatic carbocycles. The normalized spacial score (nSPS) is 11.4. The average molecular weight is 378 g/mol. The minimum absolute atomic E-state index is 0.219. The van der Waals surface area contributed by atoms with Gasteiger partial charge in [-0.1, -0.05) is 38.1 Å². The number of carbonyl (C=O) groups is 1. The number of benzene rings is 2. The SMILES string of the molecule is Cc1cc(NC(=O)c2ccccc2-c2nc(C(C)(C)C)no2)ccc1N(C)C. The molecule has 3 aromatic rings. The number of aryl methyl sites for hydroxylation is 1. The molecule has 1 N–H and O–H groups in total. The van der Waals surface area contributed by atoms with Gasteiger partial charge in [0.15, 0.2) is 5.82 Å². The number of rotatable bonds is 4. The zero-order valence-corrected chi connectivity index (χ0v) is 17.2. The third-order valence-corrected chi connectivity index (χ3v) is 4.44. The Kier molecular flexibility index (Phi) is 5.23. The summed E-state index contributed by atoms with van der Waals surface area (Å²) in [4.78, 5) is 19.5. The summed E-state index contributed by atoms with van der Waals surface area (Å²) in [5, 5.41) is 7.03. The van der Waals surface area contributed by atoms with Crippen molar-refractivity contribution in [2.45, 2.75) is 33.1 Å². The van der Waals surface area contributed by atoms with E-state index in [1.54, 1.807) is 6.07 Å². The van der Waals surface area contributed by atoms with Crippen LogP contribution in [0.2, 0.25) is 0 Å². The summed E-state index contributed by atoms with van der Waals surface area (Å²) >= 11 is 0. The van der Waals surface area contributed by atoms with Gasteiger partial charge in [0.1, 0.15) is 0 Å². The first-order valence-electron chi connectivity index (χ1n) is 9.20.